The minimum absolute atomic E-state index is 0.0861. The summed E-state index contributed by atoms with van der Waals surface area (Å²) < 4.78 is 0. The smallest absolute Gasteiger partial charge is 0.254 e. The molecule has 1 saturated heterocycles. The molecule has 0 radical (unpaired) electrons. The van der Waals surface area contributed by atoms with Gasteiger partial charge in [0.25, 0.3) is 5.91 Å². The Morgan fingerprint density at radius 2 is 1.88 bits per heavy atom. The number of rotatable bonds is 6. The summed E-state index contributed by atoms with van der Waals surface area (Å²) in [7, 11) is 0. The summed E-state index contributed by atoms with van der Waals surface area (Å²) >= 11 is 0. The van der Waals surface area contributed by atoms with E-state index >= 15 is 0 Å². The Kier molecular flexibility index (Phi) is 6.02. The van der Waals surface area contributed by atoms with Gasteiger partial charge in [-0.1, -0.05) is 49.4 Å². The predicted molar refractivity (Wildman–Crippen MR) is 102 cm³/mol. The molecule has 1 aliphatic heterocycles. The molecule has 0 spiro atoms. The molecule has 1 atom stereocenters. The monoisotopic (exact) mass is 351 g/mol. The maximum absolute atomic E-state index is 12.4. The number of amides is 2. The van der Waals surface area contributed by atoms with Gasteiger partial charge in [-0.05, 0) is 29.2 Å². The van der Waals surface area contributed by atoms with Crippen LogP contribution in [0.3, 0.4) is 0 Å². The molecule has 1 fully saturated rings. The third-order valence-corrected chi connectivity index (χ3v) is 4.67. The van der Waals surface area contributed by atoms with E-state index < -0.39 is 0 Å². The van der Waals surface area contributed by atoms with Crippen LogP contribution in [0, 0.1) is 0 Å². The van der Waals surface area contributed by atoms with Crippen LogP contribution in [-0.4, -0.2) is 42.9 Å². The lowest BCUT2D eigenvalue weighted by Gasteiger charge is -2.26. The zero-order valence-electron chi connectivity index (χ0n) is 15.1. The first kappa shape index (κ1) is 18.1. The van der Waals surface area contributed by atoms with Crippen LogP contribution in [0.1, 0.15) is 34.3 Å². The molecule has 0 bridgehead atoms. The van der Waals surface area contributed by atoms with E-state index in [-0.39, 0.29) is 18.4 Å². The summed E-state index contributed by atoms with van der Waals surface area (Å²) in [6, 6.07) is 18.1. The SMILES string of the molecule is CC(CNCc1ccc(C(=O)N2CCNC(=O)C2)cc1)c1ccccc1. The summed E-state index contributed by atoms with van der Waals surface area (Å²) in [5.41, 5.74) is 3.09. The first-order valence-corrected chi connectivity index (χ1v) is 9.04. The number of hydrogen-bond acceptors (Lipinski definition) is 3. The molecule has 5 heteroatoms. The van der Waals surface area contributed by atoms with Gasteiger partial charge in [0.05, 0.1) is 6.54 Å². The summed E-state index contributed by atoms with van der Waals surface area (Å²) in [6.07, 6.45) is 0. The molecular formula is C21H25N3O2. The van der Waals surface area contributed by atoms with E-state index in [0.29, 0.717) is 24.6 Å². The molecule has 3 rings (SSSR count). The fourth-order valence-corrected chi connectivity index (χ4v) is 3.09. The Bertz CT molecular complexity index is 744. The van der Waals surface area contributed by atoms with Gasteiger partial charge in [-0.25, -0.2) is 0 Å². The largest absolute Gasteiger partial charge is 0.353 e. The first-order chi connectivity index (χ1) is 12.6. The number of carbonyl (C=O) groups excluding carboxylic acids is 2. The lowest BCUT2D eigenvalue weighted by atomic mass is 10.0. The minimum atomic E-state index is -0.0991. The molecular weight excluding hydrogens is 326 g/mol. The van der Waals surface area contributed by atoms with Crippen LogP contribution in [0.15, 0.2) is 54.6 Å². The third kappa shape index (κ3) is 4.70. The standard InChI is InChI=1S/C21H25N3O2/c1-16(18-5-3-2-4-6-18)13-22-14-17-7-9-19(10-8-17)21(26)24-12-11-23-20(25)15-24/h2-10,16,22H,11-15H2,1H3,(H,23,25). The van der Waals surface area contributed by atoms with Crippen molar-refractivity contribution in [3.63, 3.8) is 0 Å². The normalized spacial score (nSPS) is 15.4. The molecule has 2 aromatic carbocycles. The fourth-order valence-electron chi connectivity index (χ4n) is 3.09. The number of nitrogens with one attached hydrogen (secondary N) is 2. The van der Waals surface area contributed by atoms with Crippen LogP contribution in [0.5, 0.6) is 0 Å². The second-order valence-electron chi connectivity index (χ2n) is 6.72. The van der Waals surface area contributed by atoms with Crippen molar-refractivity contribution in [1.82, 2.24) is 15.5 Å². The molecule has 2 N–H and O–H groups in total. The topological polar surface area (TPSA) is 61.4 Å². The lowest BCUT2D eigenvalue weighted by molar-refractivity contribution is -0.123. The molecule has 0 saturated carbocycles. The number of nitrogens with zero attached hydrogens (tertiary/aromatic N) is 1. The van der Waals surface area contributed by atoms with E-state index in [1.807, 2.05) is 30.3 Å². The summed E-state index contributed by atoms with van der Waals surface area (Å²) in [4.78, 5) is 25.5. The van der Waals surface area contributed by atoms with Gasteiger partial charge in [-0.2, -0.15) is 0 Å². The van der Waals surface area contributed by atoms with Crippen LogP contribution >= 0.6 is 0 Å². The van der Waals surface area contributed by atoms with Crippen LogP contribution in [0.2, 0.25) is 0 Å². The van der Waals surface area contributed by atoms with Gasteiger partial charge in [-0.3, -0.25) is 9.59 Å². The highest BCUT2D eigenvalue weighted by molar-refractivity contribution is 5.97. The Morgan fingerprint density at radius 3 is 2.58 bits per heavy atom. The molecule has 1 aliphatic rings. The Morgan fingerprint density at radius 1 is 1.15 bits per heavy atom. The van der Waals surface area contributed by atoms with Crippen molar-refractivity contribution in [1.29, 1.82) is 0 Å². The van der Waals surface area contributed by atoms with Crippen molar-refractivity contribution in [3.8, 4) is 0 Å². The van der Waals surface area contributed by atoms with Crippen molar-refractivity contribution in [2.24, 2.45) is 0 Å². The van der Waals surface area contributed by atoms with Crippen LogP contribution in [0.25, 0.3) is 0 Å². The van der Waals surface area contributed by atoms with E-state index in [2.05, 4.69) is 41.8 Å². The Hall–Kier alpha value is -2.66. The molecule has 2 amide bonds. The van der Waals surface area contributed by atoms with Gasteiger partial charge < -0.3 is 15.5 Å². The average molecular weight is 351 g/mol. The predicted octanol–water partition coefficient (Wildman–Crippen LogP) is 2.15. The number of hydrogen-bond donors (Lipinski definition) is 2. The zero-order valence-corrected chi connectivity index (χ0v) is 15.1. The van der Waals surface area contributed by atoms with E-state index in [1.54, 1.807) is 4.90 Å². The molecule has 5 nitrogen and oxygen atoms in total. The zero-order chi connectivity index (χ0) is 18.4. The van der Waals surface area contributed by atoms with E-state index in [0.717, 1.165) is 18.7 Å². The van der Waals surface area contributed by atoms with E-state index in [9.17, 15) is 9.59 Å². The number of piperazine rings is 1. The van der Waals surface area contributed by atoms with Gasteiger partial charge in [0, 0.05) is 31.7 Å². The van der Waals surface area contributed by atoms with Crippen molar-refractivity contribution < 1.29 is 9.59 Å². The summed E-state index contributed by atoms with van der Waals surface area (Å²) in [5.74, 6) is 0.261. The molecule has 0 aromatic heterocycles. The van der Waals surface area contributed by atoms with E-state index in [1.165, 1.54) is 5.56 Å². The molecule has 26 heavy (non-hydrogen) atoms. The maximum atomic E-state index is 12.4. The molecule has 1 unspecified atom stereocenters. The molecule has 2 aromatic rings. The van der Waals surface area contributed by atoms with Crippen molar-refractivity contribution in [2.45, 2.75) is 19.4 Å². The van der Waals surface area contributed by atoms with Gasteiger partial charge in [0.2, 0.25) is 5.91 Å². The van der Waals surface area contributed by atoms with Crippen LogP contribution in [-0.2, 0) is 11.3 Å². The van der Waals surface area contributed by atoms with Gasteiger partial charge in [-0.15, -0.1) is 0 Å². The fraction of sp³-hybridized carbons (Fsp3) is 0.333. The number of benzene rings is 2. The van der Waals surface area contributed by atoms with E-state index in [4.69, 9.17) is 0 Å². The average Bonchev–Trinajstić information content (AvgIpc) is 2.68. The van der Waals surface area contributed by atoms with Crippen LogP contribution < -0.4 is 10.6 Å². The lowest BCUT2D eigenvalue weighted by Crippen LogP contribution is -2.49. The van der Waals surface area contributed by atoms with Crippen molar-refractivity contribution >= 4 is 11.8 Å². The molecule has 0 aliphatic carbocycles. The Balaban J connectivity index is 1.50. The highest BCUT2D eigenvalue weighted by Crippen LogP contribution is 2.14. The van der Waals surface area contributed by atoms with Gasteiger partial charge in [0.15, 0.2) is 0 Å². The minimum Gasteiger partial charge on any atom is -0.353 e. The van der Waals surface area contributed by atoms with Crippen LogP contribution in [0.4, 0.5) is 0 Å². The van der Waals surface area contributed by atoms with Crippen molar-refractivity contribution in [2.75, 3.05) is 26.2 Å². The molecule has 1 heterocycles. The Labute approximate surface area is 154 Å². The maximum Gasteiger partial charge on any atom is 0.254 e. The van der Waals surface area contributed by atoms with Gasteiger partial charge in [0.1, 0.15) is 0 Å². The highest BCUT2D eigenvalue weighted by atomic mass is 16.2. The second kappa shape index (κ2) is 8.63. The summed E-state index contributed by atoms with van der Waals surface area (Å²) in [5, 5.41) is 6.20. The summed E-state index contributed by atoms with van der Waals surface area (Å²) in [6.45, 7) is 5.08. The van der Waals surface area contributed by atoms with Gasteiger partial charge >= 0.3 is 0 Å². The van der Waals surface area contributed by atoms with Crippen molar-refractivity contribution in [3.05, 3.63) is 71.3 Å². The third-order valence-electron chi connectivity index (χ3n) is 4.67. The second-order valence-corrected chi connectivity index (χ2v) is 6.72. The quantitative estimate of drug-likeness (QED) is 0.838. The number of carbonyl (C=O) groups is 2. The highest BCUT2D eigenvalue weighted by Gasteiger charge is 2.22. The molecule has 136 valence electrons. The first-order valence-electron chi connectivity index (χ1n) is 9.04.